The Morgan fingerprint density at radius 1 is 1.14 bits per heavy atom. The first-order valence-corrected chi connectivity index (χ1v) is 9.44. The molecular formula is C22H25N3O3. The van der Waals surface area contributed by atoms with Crippen LogP contribution >= 0.6 is 0 Å². The Morgan fingerprint density at radius 3 is 2.68 bits per heavy atom. The highest BCUT2D eigenvalue weighted by atomic mass is 16.5. The average molecular weight is 379 g/mol. The van der Waals surface area contributed by atoms with Crippen molar-refractivity contribution in [2.75, 3.05) is 20.2 Å². The van der Waals surface area contributed by atoms with Gasteiger partial charge in [0, 0.05) is 19.9 Å². The Balaban J connectivity index is 1.43. The summed E-state index contributed by atoms with van der Waals surface area (Å²) >= 11 is 0. The van der Waals surface area contributed by atoms with E-state index in [9.17, 15) is 9.59 Å². The van der Waals surface area contributed by atoms with E-state index in [1.54, 1.807) is 18.0 Å². The summed E-state index contributed by atoms with van der Waals surface area (Å²) in [6.07, 6.45) is 1.58. The Hall–Kier alpha value is -3.15. The maximum absolute atomic E-state index is 12.3. The van der Waals surface area contributed by atoms with E-state index >= 15 is 0 Å². The van der Waals surface area contributed by atoms with E-state index in [0.29, 0.717) is 49.1 Å². The molecule has 1 aromatic heterocycles. The van der Waals surface area contributed by atoms with Crippen LogP contribution in [-0.4, -0.2) is 41.0 Å². The summed E-state index contributed by atoms with van der Waals surface area (Å²) in [7, 11) is 1.77. The van der Waals surface area contributed by atoms with Gasteiger partial charge in [-0.05, 0) is 37.6 Å². The predicted octanol–water partition coefficient (Wildman–Crippen LogP) is 3.09. The molecule has 0 aliphatic carbocycles. The molecule has 146 valence electrons. The van der Waals surface area contributed by atoms with Crippen LogP contribution in [0.4, 0.5) is 0 Å². The van der Waals surface area contributed by atoms with Gasteiger partial charge in [0.25, 0.3) is 5.56 Å². The van der Waals surface area contributed by atoms with Gasteiger partial charge in [-0.15, -0.1) is 0 Å². The SMILES string of the molecule is Cc1ccc(OCCN(C)C(=O)CCCc2nc3ccccc3c(=O)[nH]2)cc1. The summed E-state index contributed by atoms with van der Waals surface area (Å²) in [5.74, 6) is 1.47. The Labute approximate surface area is 164 Å². The number of aromatic amines is 1. The number of aromatic nitrogens is 2. The third kappa shape index (κ3) is 5.19. The lowest BCUT2D eigenvalue weighted by Gasteiger charge is -2.17. The van der Waals surface area contributed by atoms with Crippen LogP contribution in [0.15, 0.2) is 53.3 Å². The summed E-state index contributed by atoms with van der Waals surface area (Å²) in [5, 5.41) is 0.579. The highest BCUT2D eigenvalue weighted by molar-refractivity contribution is 5.77. The van der Waals surface area contributed by atoms with E-state index in [2.05, 4.69) is 9.97 Å². The van der Waals surface area contributed by atoms with E-state index in [4.69, 9.17) is 4.74 Å². The molecule has 1 amide bonds. The van der Waals surface area contributed by atoms with Gasteiger partial charge in [-0.25, -0.2) is 4.98 Å². The molecule has 28 heavy (non-hydrogen) atoms. The molecule has 3 aromatic rings. The zero-order chi connectivity index (χ0) is 19.9. The lowest BCUT2D eigenvalue weighted by atomic mass is 10.2. The lowest BCUT2D eigenvalue weighted by Crippen LogP contribution is -2.30. The minimum atomic E-state index is -0.141. The van der Waals surface area contributed by atoms with Crippen molar-refractivity contribution in [3.63, 3.8) is 0 Å². The molecule has 0 aliphatic rings. The number of benzene rings is 2. The lowest BCUT2D eigenvalue weighted by molar-refractivity contribution is -0.130. The van der Waals surface area contributed by atoms with E-state index in [0.717, 1.165) is 5.75 Å². The zero-order valence-corrected chi connectivity index (χ0v) is 16.3. The van der Waals surface area contributed by atoms with Gasteiger partial charge in [0.2, 0.25) is 5.91 Å². The van der Waals surface area contributed by atoms with Crippen molar-refractivity contribution < 1.29 is 9.53 Å². The molecular weight excluding hydrogens is 354 g/mol. The van der Waals surface area contributed by atoms with Crippen LogP contribution in [0.2, 0.25) is 0 Å². The second-order valence-electron chi connectivity index (χ2n) is 6.86. The van der Waals surface area contributed by atoms with Crippen molar-refractivity contribution in [1.82, 2.24) is 14.9 Å². The number of nitrogens with one attached hydrogen (secondary N) is 1. The molecule has 0 saturated heterocycles. The standard InChI is InChI=1S/C22H25N3O3/c1-16-10-12-17(13-11-16)28-15-14-25(2)21(26)9-5-8-20-23-19-7-4-3-6-18(19)22(27)24-20/h3-4,6-7,10-13H,5,8-9,14-15H2,1-2H3,(H,23,24,27). The van der Waals surface area contributed by atoms with Gasteiger partial charge in [0.15, 0.2) is 0 Å². The number of amides is 1. The van der Waals surface area contributed by atoms with E-state index in [1.807, 2.05) is 49.4 Å². The first-order chi connectivity index (χ1) is 13.5. The number of carbonyl (C=O) groups is 1. The molecule has 6 nitrogen and oxygen atoms in total. The fourth-order valence-corrected chi connectivity index (χ4v) is 2.91. The second kappa shape index (κ2) is 9.17. The number of likely N-dealkylation sites (N-methyl/N-ethyl adjacent to an activating group) is 1. The van der Waals surface area contributed by atoms with Gasteiger partial charge in [-0.3, -0.25) is 9.59 Å². The van der Waals surface area contributed by atoms with Crippen LogP contribution in [0, 0.1) is 6.92 Å². The third-order valence-electron chi connectivity index (χ3n) is 4.61. The highest BCUT2D eigenvalue weighted by Gasteiger charge is 2.10. The van der Waals surface area contributed by atoms with Crippen LogP contribution in [0.25, 0.3) is 10.9 Å². The van der Waals surface area contributed by atoms with E-state index in [1.165, 1.54) is 5.56 Å². The molecule has 0 bridgehead atoms. The van der Waals surface area contributed by atoms with Crippen molar-refractivity contribution in [3.8, 4) is 5.75 Å². The monoisotopic (exact) mass is 379 g/mol. The molecule has 0 unspecified atom stereocenters. The van der Waals surface area contributed by atoms with Crippen LogP contribution in [-0.2, 0) is 11.2 Å². The number of fused-ring (bicyclic) bond motifs is 1. The van der Waals surface area contributed by atoms with Gasteiger partial charge in [-0.2, -0.15) is 0 Å². The van der Waals surface area contributed by atoms with Gasteiger partial charge < -0.3 is 14.6 Å². The number of para-hydroxylation sites is 1. The van der Waals surface area contributed by atoms with Crippen molar-refractivity contribution in [2.45, 2.75) is 26.2 Å². The van der Waals surface area contributed by atoms with Gasteiger partial charge >= 0.3 is 0 Å². The first kappa shape index (κ1) is 19.6. The number of aryl methyl sites for hydroxylation is 2. The maximum atomic E-state index is 12.3. The van der Waals surface area contributed by atoms with Crippen LogP contribution in [0.5, 0.6) is 5.75 Å². The van der Waals surface area contributed by atoms with Crippen molar-refractivity contribution >= 4 is 16.8 Å². The van der Waals surface area contributed by atoms with Gasteiger partial charge in [0.05, 0.1) is 17.4 Å². The second-order valence-corrected chi connectivity index (χ2v) is 6.86. The Bertz CT molecular complexity index is 996. The number of hydrogen-bond donors (Lipinski definition) is 1. The van der Waals surface area contributed by atoms with E-state index in [-0.39, 0.29) is 11.5 Å². The summed E-state index contributed by atoms with van der Waals surface area (Å²) in [5.41, 5.74) is 1.72. The molecule has 1 N–H and O–H groups in total. The average Bonchev–Trinajstić information content (AvgIpc) is 2.69. The molecule has 0 saturated carbocycles. The normalized spacial score (nSPS) is 10.8. The molecule has 1 heterocycles. The van der Waals surface area contributed by atoms with Crippen molar-refractivity contribution in [1.29, 1.82) is 0 Å². The molecule has 0 fully saturated rings. The zero-order valence-electron chi connectivity index (χ0n) is 16.3. The van der Waals surface area contributed by atoms with Crippen molar-refractivity contribution in [3.05, 3.63) is 70.3 Å². The molecule has 0 atom stereocenters. The molecule has 0 radical (unpaired) electrons. The first-order valence-electron chi connectivity index (χ1n) is 9.44. The number of rotatable bonds is 8. The smallest absolute Gasteiger partial charge is 0.258 e. The highest BCUT2D eigenvalue weighted by Crippen LogP contribution is 2.11. The number of carbonyl (C=O) groups excluding carboxylic acids is 1. The van der Waals surface area contributed by atoms with Crippen LogP contribution in [0.1, 0.15) is 24.2 Å². The fraction of sp³-hybridized carbons (Fsp3) is 0.318. The Kier molecular flexibility index (Phi) is 6.42. The molecule has 0 spiro atoms. The van der Waals surface area contributed by atoms with Crippen LogP contribution < -0.4 is 10.3 Å². The van der Waals surface area contributed by atoms with Crippen molar-refractivity contribution in [2.24, 2.45) is 0 Å². The number of H-pyrrole nitrogens is 1. The quantitative estimate of drug-likeness (QED) is 0.653. The summed E-state index contributed by atoms with van der Waals surface area (Å²) < 4.78 is 5.67. The molecule has 3 rings (SSSR count). The maximum Gasteiger partial charge on any atom is 0.258 e. The number of nitrogens with zero attached hydrogens (tertiary/aromatic N) is 2. The molecule has 0 aliphatic heterocycles. The minimum absolute atomic E-state index is 0.0515. The summed E-state index contributed by atoms with van der Waals surface area (Å²) in [4.78, 5) is 33.3. The Morgan fingerprint density at radius 2 is 1.89 bits per heavy atom. The van der Waals surface area contributed by atoms with Crippen LogP contribution in [0.3, 0.4) is 0 Å². The largest absolute Gasteiger partial charge is 0.492 e. The van der Waals surface area contributed by atoms with Gasteiger partial charge in [0.1, 0.15) is 18.2 Å². The molecule has 6 heteroatoms. The number of ether oxygens (including phenoxy) is 1. The molecule has 2 aromatic carbocycles. The predicted molar refractivity (Wildman–Crippen MR) is 110 cm³/mol. The van der Waals surface area contributed by atoms with Gasteiger partial charge in [-0.1, -0.05) is 29.8 Å². The number of hydrogen-bond acceptors (Lipinski definition) is 4. The third-order valence-corrected chi connectivity index (χ3v) is 4.61. The topological polar surface area (TPSA) is 75.3 Å². The summed E-state index contributed by atoms with van der Waals surface area (Å²) in [6.45, 7) is 3.00. The summed E-state index contributed by atoms with van der Waals surface area (Å²) in [6, 6.07) is 15.1. The van der Waals surface area contributed by atoms with E-state index < -0.39 is 0 Å². The fourth-order valence-electron chi connectivity index (χ4n) is 2.91. The minimum Gasteiger partial charge on any atom is -0.492 e.